The number of likely N-dealkylation sites (tertiary alicyclic amines) is 1. The van der Waals surface area contributed by atoms with Crippen LogP contribution in [0.1, 0.15) is 60.3 Å². The largest absolute Gasteiger partial charge is 0.313 e. The van der Waals surface area contributed by atoms with Crippen LogP contribution in [-0.4, -0.2) is 36.6 Å². The second-order valence-corrected chi connectivity index (χ2v) is 6.62. The Morgan fingerprint density at radius 1 is 1.11 bits per heavy atom. The minimum atomic E-state index is 0.609. The average molecular weight is 254 g/mol. The van der Waals surface area contributed by atoms with Crippen LogP contribution < -0.4 is 5.32 Å². The van der Waals surface area contributed by atoms with Crippen molar-refractivity contribution in [3.8, 4) is 0 Å². The zero-order valence-corrected chi connectivity index (χ0v) is 13.2. The maximum absolute atomic E-state index is 3.62. The number of hydrogen-bond acceptors (Lipinski definition) is 2. The van der Waals surface area contributed by atoms with Crippen LogP contribution >= 0.6 is 0 Å². The molecule has 108 valence electrons. The summed E-state index contributed by atoms with van der Waals surface area (Å²) >= 11 is 0. The van der Waals surface area contributed by atoms with Crippen molar-refractivity contribution in [2.24, 2.45) is 11.8 Å². The van der Waals surface area contributed by atoms with E-state index < -0.39 is 0 Å². The molecule has 0 spiro atoms. The van der Waals surface area contributed by atoms with Crippen LogP contribution in [0.4, 0.5) is 0 Å². The maximum atomic E-state index is 3.62. The molecule has 0 aliphatic carbocycles. The van der Waals surface area contributed by atoms with Crippen molar-refractivity contribution in [2.75, 3.05) is 19.6 Å². The Balaban J connectivity index is 2.39. The van der Waals surface area contributed by atoms with E-state index in [0.717, 1.165) is 24.4 Å². The van der Waals surface area contributed by atoms with Crippen LogP contribution in [0, 0.1) is 11.8 Å². The quantitative estimate of drug-likeness (QED) is 0.748. The lowest BCUT2D eigenvalue weighted by molar-refractivity contribution is 0.107. The highest BCUT2D eigenvalue weighted by molar-refractivity contribution is 4.81. The van der Waals surface area contributed by atoms with Crippen molar-refractivity contribution in [2.45, 2.75) is 72.4 Å². The van der Waals surface area contributed by atoms with E-state index in [9.17, 15) is 0 Å². The molecule has 1 heterocycles. The van der Waals surface area contributed by atoms with Crippen LogP contribution in [0.15, 0.2) is 0 Å². The SMILES string of the molecule is CCCC(CNC(C)C)N1CCC(C(C)C)CC1. The van der Waals surface area contributed by atoms with Crippen molar-refractivity contribution in [1.82, 2.24) is 10.2 Å². The van der Waals surface area contributed by atoms with Gasteiger partial charge in [-0.25, -0.2) is 0 Å². The highest BCUT2D eigenvalue weighted by Gasteiger charge is 2.25. The Labute approximate surface area is 115 Å². The molecule has 18 heavy (non-hydrogen) atoms. The smallest absolute Gasteiger partial charge is 0.0220 e. The molecule has 1 N–H and O–H groups in total. The first kappa shape index (κ1) is 16.0. The Bertz CT molecular complexity index is 205. The molecule has 0 radical (unpaired) electrons. The Hall–Kier alpha value is -0.0800. The third-order valence-corrected chi connectivity index (χ3v) is 4.42. The summed E-state index contributed by atoms with van der Waals surface area (Å²) < 4.78 is 0. The van der Waals surface area contributed by atoms with Gasteiger partial charge in [0, 0.05) is 18.6 Å². The van der Waals surface area contributed by atoms with Gasteiger partial charge in [-0.1, -0.05) is 41.0 Å². The lowest BCUT2D eigenvalue weighted by atomic mass is 9.86. The molecule has 1 saturated heterocycles. The molecular weight excluding hydrogens is 220 g/mol. The Morgan fingerprint density at radius 2 is 1.72 bits per heavy atom. The van der Waals surface area contributed by atoms with E-state index in [2.05, 4.69) is 44.8 Å². The standard InChI is InChI=1S/C16H34N2/c1-6-7-16(12-17-14(4)5)18-10-8-15(9-11-18)13(2)3/h13-17H,6-12H2,1-5H3. The normalized spacial score (nSPS) is 20.8. The summed E-state index contributed by atoms with van der Waals surface area (Å²) in [5, 5.41) is 3.62. The number of piperidine rings is 1. The second kappa shape index (κ2) is 8.16. The van der Waals surface area contributed by atoms with E-state index in [1.165, 1.54) is 38.8 Å². The number of nitrogens with one attached hydrogen (secondary N) is 1. The summed E-state index contributed by atoms with van der Waals surface area (Å²) in [6.45, 7) is 15.3. The molecule has 1 atom stereocenters. The van der Waals surface area contributed by atoms with Crippen LogP contribution in [0.5, 0.6) is 0 Å². The summed E-state index contributed by atoms with van der Waals surface area (Å²) in [5.41, 5.74) is 0. The Morgan fingerprint density at radius 3 is 2.17 bits per heavy atom. The van der Waals surface area contributed by atoms with E-state index in [4.69, 9.17) is 0 Å². The summed E-state index contributed by atoms with van der Waals surface area (Å²) in [6.07, 6.45) is 5.44. The van der Waals surface area contributed by atoms with Crippen molar-refractivity contribution in [3.63, 3.8) is 0 Å². The predicted octanol–water partition coefficient (Wildman–Crippen LogP) is 3.52. The molecule has 0 aromatic carbocycles. The molecule has 1 aliphatic rings. The molecule has 1 fully saturated rings. The van der Waals surface area contributed by atoms with Crippen molar-refractivity contribution >= 4 is 0 Å². The molecule has 1 rings (SSSR count). The number of hydrogen-bond donors (Lipinski definition) is 1. The van der Waals surface area contributed by atoms with E-state index >= 15 is 0 Å². The fraction of sp³-hybridized carbons (Fsp3) is 1.00. The fourth-order valence-electron chi connectivity index (χ4n) is 3.07. The molecule has 0 bridgehead atoms. The second-order valence-electron chi connectivity index (χ2n) is 6.62. The highest BCUT2D eigenvalue weighted by Crippen LogP contribution is 2.26. The summed E-state index contributed by atoms with van der Waals surface area (Å²) in [6, 6.07) is 1.36. The van der Waals surface area contributed by atoms with Gasteiger partial charge in [0.25, 0.3) is 0 Å². The van der Waals surface area contributed by atoms with Crippen LogP contribution in [0.25, 0.3) is 0 Å². The molecule has 0 aromatic heterocycles. The van der Waals surface area contributed by atoms with E-state index in [1.54, 1.807) is 0 Å². The van der Waals surface area contributed by atoms with Crippen molar-refractivity contribution in [1.29, 1.82) is 0 Å². The van der Waals surface area contributed by atoms with Crippen LogP contribution in [-0.2, 0) is 0 Å². The van der Waals surface area contributed by atoms with Gasteiger partial charge in [-0.3, -0.25) is 4.90 Å². The lowest BCUT2D eigenvalue weighted by Crippen LogP contribution is -2.47. The third-order valence-electron chi connectivity index (χ3n) is 4.42. The van der Waals surface area contributed by atoms with E-state index in [0.29, 0.717) is 6.04 Å². The molecule has 2 nitrogen and oxygen atoms in total. The van der Waals surface area contributed by atoms with Gasteiger partial charge in [-0.05, 0) is 44.2 Å². The fourth-order valence-corrected chi connectivity index (χ4v) is 3.07. The first-order valence-electron chi connectivity index (χ1n) is 8.02. The zero-order chi connectivity index (χ0) is 13.5. The van der Waals surface area contributed by atoms with Gasteiger partial charge >= 0.3 is 0 Å². The van der Waals surface area contributed by atoms with Crippen molar-refractivity contribution < 1.29 is 0 Å². The van der Waals surface area contributed by atoms with Gasteiger partial charge in [-0.2, -0.15) is 0 Å². The summed E-state index contributed by atoms with van der Waals surface area (Å²) in [5.74, 6) is 1.83. The van der Waals surface area contributed by atoms with Gasteiger partial charge in [0.1, 0.15) is 0 Å². The summed E-state index contributed by atoms with van der Waals surface area (Å²) in [4.78, 5) is 2.73. The van der Waals surface area contributed by atoms with E-state index in [-0.39, 0.29) is 0 Å². The first-order chi connectivity index (χ1) is 8.54. The molecular formula is C16H34N2. The lowest BCUT2D eigenvalue weighted by Gasteiger charge is -2.39. The molecule has 0 saturated carbocycles. The first-order valence-corrected chi connectivity index (χ1v) is 8.02. The molecule has 1 aliphatic heterocycles. The third kappa shape index (κ3) is 5.27. The molecule has 0 amide bonds. The maximum Gasteiger partial charge on any atom is 0.0220 e. The molecule has 2 heteroatoms. The molecule has 1 unspecified atom stereocenters. The van der Waals surface area contributed by atoms with Crippen molar-refractivity contribution in [3.05, 3.63) is 0 Å². The van der Waals surface area contributed by atoms with Gasteiger partial charge in [-0.15, -0.1) is 0 Å². The summed E-state index contributed by atoms with van der Waals surface area (Å²) in [7, 11) is 0. The number of rotatable bonds is 7. The van der Waals surface area contributed by atoms with Gasteiger partial charge in [0.15, 0.2) is 0 Å². The van der Waals surface area contributed by atoms with E-state index in [1.807, 2.05) is 0 Å². The molecule has 0 aromatic rings. The predicted molar refractivity (Wildman–Crippen MR) is 81.0 cm³/mol. The minimum Gasteiger partial charge on any atom is -0.313 e. The monoisotopic (exact) mass is 254 g/mol. The average Bonchev–Trinajstić information content (AvgIpc) is 2.34. The minimum absolute atomic E-state index is 0.609. The van der Waals surface area contributed by atoms with Crippen LogP contribution in [0.3, 0.4) is 0 Å². The van der Waals surface area contributed by atoms with Gasteiger partial charge < -0.3 is 5.32 Å². The number of nitrogens with zero attached hydrogens (tertiary/aromatic N) is 1. The highest BCUT2D eigenvalue weighted by atomic mass is 15.2. The topological polar surface area (TPSA) is 15.3 Å². The van der Waals surface area contributed by atoms with Gasteiger partial charge in [0.05, 0.1) is 0 Å². The zero-order valence-electron chi connectivity index (χ0n) is 13.2. The Kier molecular flexibility index (Phi) is 7.25. The van der Waals surface area contributed by atoms with Gasteiger partial charge in [0.2, 0.25) is 0 Å². The van der Waals surface area contributed by atoms with Crippen LogP contribution in [0.2, 0.25) is 0 Å².